The number of aliphatic carboxylic acids is 1. The summed E-state index contributed by atoms with van der Waals surface area (Å²) in [5.74, 6) is -0.657. The third-order valence-electron chi connectivity index (χ3n) is 2.99. The molecule has 0 spiro atoms. The number of unbranched alkanes of at least 4 members (excludes halogenated alkanes) is 10. The smallest absolute Gasteiger partial charge is 0.303 e. The molecule has 0 unspecified atom stereocenters. The van der Waals surface area contributed by atoms with Crippen LogP contribution < -0.4 is 5.06 Å². The van der Waals surface area contributed by atoms with Gasteiger partial charge in [-0.3, -0.25) is 4.79 Å². The Kier molecular flexibility index (Phi) is 19.9. The monoisotopic (exact) mass is 289 g/mol. The van der Waals surface area contributed by atoms with Crippen LogP contribution in [-0.2, 0) is 4.79 Å². The zero-order valence-corrected chi connectivity index (χ0v) is 13.7. The van der Waals surface area contributed by atoms with E-state index in [1.165, 1.54) is 71.9 Å². The molecule has 2 N–H and O–H groups in total. The van der Waals surface area contributed by atoms with Crippen molar-refractivity contribution in [2.45, 2.75) is 84.0 Å². The molecule has 4 heteroatoms. The standard InChI is InChI=1S/C14H28O2.C2H7NO/c1-2-3-4-5-6-7-8-9-10-11-12-13-14(15)16;1-3(2)4/h2-13H2,1H3,(H,15,16);3H,1-2H3. The minimum atomic E-state index is -0.657. The maximum Gasteiger partial charge on any atom is 0.303 e. The van der Waals surface area contributed by atoms with Crippen LogP contribution in [0.2, 0.25) is 0 Å². The molecule has 0 aliphatic rings. The molecule has 0 heterocycles. The summed E-state index contributed by atoms with van der Waals surface area (Å²) >= 11 is 0. The highest BCUT2D eigenvalue weighted by Crippen LogP contribution is 2.11. The van der Waals surface area contributed by atoms with Gasteiger partial charge in [-0.05, 0) is 6.42 Å². The molecule has 0 saturated heterocycles. The molecule has 0 aromatic heterocycles. The van der Waals surface area contributed by atoms with E-state index in [0.717, 1.165) is 12.8 Å². The summed E-state index contributed by atoms with van der Waals surface area (Å²) in [6.45, 7) is 2.25. The first kappa shape index (κ1) is 21.7. The lowest BCUT2D eigenvalue weighted by Crippen LogP contribution is -3.00. The highest BCUT2D eigenvalue weighted by molar-refractivity contribution is 5.66. The molecule has 0 radical (unpaired) electrons. The number of carboxylic acid groups (broad SMARTS) is 1. The lowest BCUT2D eigenvalue weighted by Gasteiger charge is -2.04. The topological polar surface area (TPSA) is 64.8 Å². The molecule has 4 nitrogen and oxygen atoms in total. The number of carbonyl (C=O) groups is 1. The summed E-state index contributed by atoms with van der Waals surface area (Å²) in [5, 5.41) is 18.1. The Morgan fingerprint density at radius 2 is 1.15 bits per heavy atom. The lowest BCUT2D eigenvalue weighted by atomic mass is 10.1. The molecule has 0 aliphatic heterocycles. The van der Waals surface area contributed by atoms with Crippen LogP contribution in [-0.4, -0.2) is 25.2 Å². The van der Waals surface area contributed by atoms with E-state index in [2.05, 4.69) is 6.92 Å². The first-order valence-electron chi connectivity index (χ1n) is 8.19. The van der Waals surface area contributed by atoms with Crippen LogP contribution >= 0.6 is 0 Å². The van der Waals surface area contributed by atoms with Crippen molar-refractivity contribution in [3.8, 4) is 0 Å². The van der Waals surface area contributed by atoms with Crippen molar-refractivity contribution in [1.82, 2.24) is 0 Å². The molecule has 0 bridgehead atoms. The second-order valence-electron chi connectivity index (χ2n) is 5.59. The Morgan fingerprint density at radius 1 is 0.850 bits per heavy atom. The fourth-order valence-corrected chi connectivity index (χ4v) is 1.94. The van der Waals surface area contributed by atoms with Gasteiger partial charge in [0.2, 0.25) is 0 Å². The molecule has 0 aromatic rings. The van der Waals surface area contributed by atoms with Gasteiger partial charge in [0, 0.05) is 6.42 Å². The minimum absolute atomic E-state index is 0.167. The molecule has 0 aliphatic carbocycles. The number of hydrogen-bond donors (Lipinski definition) is 2. The zero-order valence-electron chi connectivity index (χ0n) is 13.7. The Bertz CT molecular complexity index is 193. The van der Waals surface area contributed by atoms with Gasteiger partial charge in [-0.1, -0.05) is 71.1 Å². The maximum absolute atomic E-state index is 10.3. The van der Waals surface area contributed by atoms with Crippen LogP contribution in [0, 0.1) is 5.21 Å². The average molecular weight is 289 g/mol. The first-order valence-corrected chi connectivity index (χ1v) is 8.19. The third kappa shape index (κ3) is 30.4. The highest BCUT2D eigenvalue weighted by Gasteiger charge is 1.96. The molecule has 0 saturated carbocycles. The summed E-state index contributed by atoms with van der Waals surface area (Å²) in [6, 6.07) is 0. The normalized spacial score (nSPS) is 10.2. The van der Waals surface area contributed by atoms with Crippen molar-refractivity contribution >= 4 is 5.97 Å². The van der Waals surface area contributed by atoms with E-state index in [-0.39, 0.29) is 5.06 Å². The quantitative estimate of drug-likeness (QED) is 0.427. The lowest BCUT2D eigenvalue weighted by molar-refractivity contribution is -0.802. The van der Waals surface area contributed by atoms with Crippen LogP contribution in [0.15, 0.2) is 0 Å². The van der Waals surface area contributed by atoms with Crippen LogP contribution in [0.4, 0.5) is 0 Å². The fourth-order valence-electron chi connectivity index (χ4n) is 1.94. The maximum atomic E-state index is 10.3. The molecule has 122 valence electrons. The Morgan fingerprint density at radius 3 is 1.45 bits per heavy atom. The molecule has 0 rings (SSSR count). The average Bonchev–Trinajstić information content (AvgIpc) is 2.35. The van der Waals surface area contributed by atoms with Crippen molar-refractivity contribution in [3.63, 3.8) is 0 Å². The molecular formula is C16H35NO3. The molecule has 0 atom stereocenters. The number of quaternary nitrogens is 1. The highest BCUT2D eigenvalue weighted by atomic mass is 16.5. The van der Waals surface area contributed by atoms with Crippen LogP contribution in [0.1, 0.15) is 84.0 Å². The van der Waals surface area contributed by atoms with Gasteiger partial charge < -0.3 is 15.4 Å². The largest absolute Gasteiger partial charge is 0.635 e. The van der Waals surface area contributed by atoms with Crippen molar-refractivity contribution in [2.24, 2.45) is 0 Å². The van der Waals surface area contributed by atoms with Crippen molar-refractivity contribution in [3.05, 3.63) is 5.21 Å². The Balaban J connectivity index is 0. The van der Waals surface area contributed by atoms with Gasteiger partial charge in [0.1, 0.15) is 0 Å². The van der Waals surface area contributed by atoms with Crippen LogP contribution in [0.25, 0.3) is 0 Å². The number of rotatable bonds is 12. The van der Waals surface area contributed by atoms with E-state index in [9.17, 15) is 10.0 Å². The number of hydroxylamine groups is 2. The number of carboxylic acids is 1. The van der Waals surface area contributed by atoms with Crippen LogP contribution in [0.5, 0.6) is 0 Å². The fraction of sp³-hybridized carbons (Fsp3) is 0.938. The summed E-state index contributed by atoms with van der Waals surface area (Å²) in [6.07, 6.45) is 14.4. The van der Waals surface area contributed by atoms with Crippen molar-refractivity contribution in [1.29, 1.82) is 0 Å². The van der Waals surface area contributed by atoms with E-state index in [4.69, 9.17) is 5.11 Å². The van der Waals surface area contributed by atoms with Gasteiger partial charge in [-0.25, -0.2) is 0 Å². The van der Waals surface area contributed by atoms with Gasteiger partial charge in [-0.15, -0.1) is 0 Å². The Labute approximate surface area is 125 Å². The second-order valence-corrected chi connectivity index (χ2v) is 5.59. The molecule has 20 heavy (non-hydrogen) atoms. The minimum Gasteiger partial charge on any atom is -0.635 e. The third-order valence-corrected chi connectivity index (χ3v) is 2.99. The van der Waals surface area contributed by atoms with E-state index >= 15 is 0 Å². The number of nitrogens with one attached hydrogen (secondary N) is 1. The van der Waals surface area contributed by atoms with Gasteiger partial charge in [0.05, 0.1) is 14.1 Å². The summed E-state index contributed by atoms with van der Waals surface area (Å²) in [7, 11) is 3.06. The van der Waals surface area contributed by atoms with E-state index in [0.29, 0.717) is 6.42 Å². The van der Waals surface area contributed by atoms with E-state index in [1.807, 2.05) is 0 Å². The summed E-state index contributed by atoms with van der Waals surface area (Å²) in [5.41, 5.74) is 0. The molecule has 0 amide bonds. The first-order chi connectivity index (χ1) is 9.50. The summed E-state index contributed by atoms with van der Waals surface area (Å²) < 4.78 is 0. The molecular weight excluding hydrogens is 254 g/mol. The summed E-state index contributed by atoms with van der Waals surface area (Å²) in [4.78, 5) is 10.3. The van der Waals surface area contributed by atoms with Crippen molar-refractivity contribution < 1.29 is 15.0 Å². The predicted molar refractivity (Wildman–Crippen MR) is 84.9 cm³/mol. The second kappa shape index (κ2) is 18.4. The van der Waals surface area contributed by atoms with Gasteiger partial charge >= 0.3 is 5.97 Å². The van der Waals surface area contributed by atoms with E-state index in [1.54, 1.807) is 0 Å². The van der Waals surface area contributed by atoms with Crippen LogP contribution in [0.3, 0.4) is 0 Å². The zero-order chi connectivity index (χ0) is 15.6. The predicted octanol–water partition coefficient (Wildman–Crippen LogP) is 3.40. The van der Waals surface area contributed by atoms with Gasteiger partial charge in [0.25, 0.3) is 0 Å². The van der Waals surface area contributed by atoms with Gasteiger partial charge in [0.15, 0.2) is 0 Å². The van der Waals surface area contributed by atoms with E-state index < -0.39 is 5.97 Å². The molecule has 0 aromatic carbocycles. The van der Waals surface area contributed by atoms with Gasteiger partial charge in [-0.2, -0.15) is 0 Å². The Hall–Kier alpha value is -0.610. The SMILES string of the molecule is CCCCCCCCCCCCCC(=O)O.C[NH+](C)[O-]. The number of hydrogen-bond acceptors (Lipinski definition) is 2. The molecule has 0 fully saturated rings. The van der Waals surface area contributed by atoms with Crippen molar-refractivity contribution in [2.75, 3.05) is 14.1 Å².